The number of nitrogens with one attached hydrogen (secondary N) is 1. The van der Waals surface area contributed by atoms with Crippen molar-refractivity contribution in [2.75, 3.05) is 22.7 Å². The molecule has 1 saturated heterocycles. The molecule has 1 N–H and O–H groups in total. The van der Waals surface area contributed by atoms with E-state index in [1.54, 1.807) is 24.3 Å². The van der Waals surface area contributed by atoms with Crippen LogP contribution in [0.4, 0.5) is 11.5 Å². The Morgan fingerprint density at radius 2 is 1.96 bits per heavy atom. The summed E-state index contributed by atoms with van der Waals surface area (Å²) in [4.78, 5) is 10.0. The number of hydrogen-bond acceptors (Lipinski definition) is 6. The number of anilines is 2. The first-order chi connectivity index (χ1) is 11.6. The molecule has 24 heavy (non-hydrogen) atoms. The summed E-state index contributed by atoms with van der Waals surface area (Å²) in [6, 6.07) is 10.8. The van der Waals surface area contributed by atoms with Crippen LogP contribution in [0.2, 0.25) is 0 Å². The molecule has 1 fully saturated rings. The van der Waals surface area contributed by atoms with Gasteiger partial charge in [-0.15, -0.1) is 0 Å². The summed E-state index contributed by atoms with van der Waals surface area (Å²) in [5, 5.41) is 8.59. The van der Waals surface area contributed by atoms with E-state index in [0.29, 0.717) is 30.9 Å². The molecule has 0 aliphatic carbocycles. The van der Waals surface area contributed by atoms with Gasteiger partial charge in [-0.05, 0) is 25.0 Å². The molecule has 1 aromatic heterocycles. The number of nitrogens with zero attached hydrogens (tertiary/aromatic N) is 4. The Balaban J connectivity index is 1.79. The largest absolute Gasteiger partial charge is 0.353 e. The van der Waals surface area contributed by atoms with Crippen molar-refractivity contribution >= 4 is 21.5 Å². The molecule has 1 aliphatic rings. The van der Waals surface area contributed by atoms with Gasteiger partial charge in [0.05, 0.1) is 5.25 Å². The van der Waals surface area contributed by atoms with Crippen molar-refractivity contribution in [3.05, 3.63) is 48.4 Å². The topological polar surface area (TPSA) is 99.0 Å². The molecule has 0 amide bonds. The Labute approximate surface area is 141 Å². The second-order valence-corrected chi connectivity index (χ2v) is 7.52. The zero-order chi connectivity index (χ0) is 17.0. The standard InChI is InChI=1S/C16H17N5O2S/c17-11-15-16(19-9-8-18-15)21-10-4-7-14(12-21)24(22,23)20-13-5-2-1-3-6-13/h1-3,5-6,8-9,14,20H,4,7,10,12H2/t14-/m0/s1. The molecule has 1 atom stereocenters. The lowest BCUT2D eigenvalue weighted by molar-refractivity contribution is 0.533. The highest BCUT2D eigenvalue weighted by Crippen LogP contribution is 2.24. The van der Waals surface area contributed by atoms with E-state index in [-0.39, 0.29) is 12.2 Å². The van der Waals surface area contributed by atoms with Crippen LogP contribution in [0.5, 0.6) is 0 Å². The van der Waals surface area contributed by atoms with E-state index in [1.807, 2.05) is 17.0 Å². The third-order valence-electron chi connectivity index (χ3n) is 3.94. The third-order valence-corrected chi connectivity index (χ3v) is 5.72. The number of piperidine rings is 1. The Morgan fingerprint density at radius 1 is 1.21 bits per heavy atom. The fourth-order valence-corrected chi connectivity index (χ4v) is 4.26. The zero-order valence-corrected chi connectivity index (χ0v) is 13.8. The maximum atomic E-state index is 12.6. The predicted octanol–water partition coefficient (Wildman–Crippen LogP) is 1.76. The molecule has 2 heterocycles. The van der Waals surface area contributed by atoms with Gasteiger partial charge in [-0.25, -0.2) is 18.4 Å². The first kappa shape index (κ1) is 16.2. The van der Waals surface area contributed by atoms with Gasteiger partial charge in [-0.3, -0.25) is 4.72 Å². The van der Waals surface area contributed by atoms with E-state index >= 15 is 0 Å². The van der Waals surface area contributed by atoms with Crippen molar-refractivity contribution in [1.29, 1.82) is 5.26 Å². The highest BCUT2D eigenvalue weighted by molar-refractivity contribution is 7.93. The van der Waals surface area contributed by atoms with Crippen molar-refractivity contribution in [2.24, 2.45) is 0 Å². The van der Waals surface area contributed by atoms with Gasteiger partial charge in [0.2, 0.25) is 10.0 Å². The molecule has 0 bridgehead atoms. The van der Waals surface area contributed by atoms with Crippen LogP contribution in [0, 0.1) is 11.3 Å². The van der Waals surface area contributed by atoms with Crippen molar-refractivity contribution < 1.29 is 8.42 Å². The van der Waals surface area contributed by atoms with Crippen LogP contribution in [-0.4, -0.2) is 36.7 Å². The van der Waals surface area contributed by atoms with Crippen molar-refractivity contribution in [3.63, 3.8) is 0 Å². The maximum absolute atomic E-state index is 12.6. The van der Waals surface area contributed by atoms with Crippen LogP contribution in [0.15, 0.2) is 42.7 Å². The Bertz CT molecular complexity index is 848. The third kappa shape index (κ3) is 3.46. The maximum Gasteiger partial charge on any atom is 0.237 e. The number of benzene rings is 1. The molecule has 124 valence electrons. The smallest absolute Gasteiger partial charge is 0.237 e. The molecule has 1 aliphatic heterocycles. The molecule has 3 rings (SSSR count). The van der Waals surface area contributed by atoms with Crippen LogP contribution in [0.25, 0.3) is 0 Å². The van der Waals surface area contributed by atoms with E-state index in [1.165, 1.54) is 12.4 Å². The van der Waals surface area contributed by atoms with Gasteiger partial charge >= 0.3 is 0 Å². The lowest BCUT2D eigenvalue weighted by Crippen LogP contribution is -2.44. The number of rotatable bonds is 4. The fourth-order valence-electron chi connectivity index (χ4n) is 2.78. The van der Waals surface area contributed by atoms with Crippen LogP contribution < -0.4 is 9.62 Å². The molecule has 0 saturated carbocycles. The predicted molar refractivity (Wildman–Crippen MR) is 91.0 cm³/mol. The molecule has 8 heteroatoms. The van der Waals surface area contributed by atoms with E-state index in [0.717, 1.165) is 0 Å². The van der Waals surface area contributed by atoms with Crippen LogP contribution in [0.1, 0.15) is 18.5 Å². The summed E-state index contributed by atoms with van der Waals surface area (Å²) in [7, 11) is -3.52. The molecule has 0 spiro atoms. The van der Waals surface area contributed by atoms with Crippen molar-refractivity contribution in [1.82, 2.24) is 9.97 Å². The molecule has 0 radical (unpaired) electrons. The summed E-state index contributed by atoms with van der Waals surface area (Å²) in [6.45, 7) is 0.945. The van der Waals surface area contributed by atoms with Crippen LogP contribution in [0.3, 0.4) is 0 Å². The number of aromatic nitrogens is 2. The SMILES string of the molecule is N#Cc1nccnc1N1CCC[C@H](S(=O)(=O)Nc2ccccc2)C1. The van der Waals surface area contributed by atoms with E-state index in [4.69, 9.17) is 5.26 Å². The Morgan fingerprint density at radius 3 is 2.71 bits per heavy atom. The summed E-state index contributed by atoms with van der Waals surface area (Å²) in [6.07, 6.45) is 4.25. The zero-order valence-electron chi connectivity index (χ0n) is 13.0. The number of sulfonamides is 1. The van der Waals surface area contributed by atoms with E-state index in [9.17, 15) is 8.42 Å². The number of nitriles is 1. The number of hydrogen-bond donors (Lipinski definition) is 1. The molecule has 1 aromatic carbocycles. The molecular formula is C16H17N5O2S. The van der Waals surface area contributed by atoms with Gasteiger partial charge in [0.1, 0.15) is 6.07 Å². The summed E-state index contributed by atoms with van der Waals surface area (Å²) >= 11 is 0. The van der Waals surface area contributed by atoms with Gasteiger partial charge in [0, 0.05) is 31.2 Å². The normalized spacial score (nSPS) is 18.0. The average molecular weight is 343 g/mol. The van der Waals surface area contributed by atoms with Crippen LogP contribution >= 0.6 is 0 Å². The average Bonchev–Trinajstić information content (AvgIpc) is 2.62. The molecule has 2 aromatic rings. The highest BCUT2D eigenvalue weighted by Gasteiger charge is 2.32. The van der Waals surface area contributed by atoms with Gasteiger partial charge in [0.25, 0.3) is 0 Å². The minimum atomic E-state index is -3.52. The second kappa shape index (κ2) is 6.84. The lowest BCUT2D eigenvalue weighted by Gasteiger charge is -2.33. The Kier molecular flexibility index (Phi) is 4.62. The minimum Gasteiger partial charge on any atom is -0.353 e. The van der Waals surface area contributed by atoms with Gasteiger partial charge in [-0.2, -0.15) is 5.26 Å². The molecule has 0 unspecified atom stereocenters. The van der Waals surface area contributed by atoms with Crippen molar-refractivity contribution in [2.45, 2.75) is 18.1 Å². The monoisotopic (exact) mass is 343 g/mol. The Hall–Kier alpha value is -2.66. The van der Waals surface area contributed by atoms with E-state index in [2.05, 4.69) is 14.7 Å². The summed E-state index contributed by atoms with van der Waals surface area (Å²) in [5.74, 6) is 0.444. The van der Waals surface area contributed by atoms with Gasteiger partial charge in [0.15, 0.2) is 11.5 Å². The summed E-state index contributed by atoms with van der Waals surface area (Å²) < 4.78 is 27.9. The second-order valence-electron chi connectivity index (χ2n) is 5.56. The van der Waals surface area contributed by atoms with Crippen molar-refractivity contribution in [3.8, 4) is 6.07 Å². The van der Waals surface area contributed by atoms with Gasteiger partial charge in [-0.1, -0.05) is 18.2 Å². The van der Waals surface area contributed by atoms with Gasteiger partial charge < -0.3 is 4.90 Å². The van der Waals surface area contributed by atoms with Crippen LogP contribution in [-0.2, 0) is 10.0 Å². The fraction of sp³-hybridized carbons (Fsp3) is 0.312. The first-order valence-electron chi connectivity index (χ1n) is 7.63. The van der Waals surface area contributed by atoms with E-state index < -0.39 is 15.3 Å². The quantitative estimate of drug-likeness (QED) is 0.908. The highest BCUT2D eigenvalue weighted by atomic mass is 32.2. The first-order valence-corrected chi connectivity index (χ1v) is 9.17. The summed E-state index contributed by atoms with van der Waals surface area (Å²) in [5.41, 5.74) is 0.762. The molecule has 7 nitrogen and oxygen atoms in total. The lowest BCUT2D eigenvalue weighted by atomic mass is 10.1. The number of para-hydroxylation sites is 1. The minimum absolute atomic E-state index is 0.214. The molecular weight excluding hydrogens is 326 g/mol.